The highest BCUT2D eigenvalue weighted by Gasteiger charge is 2.17. The van der Waals surface area contributed by atoms with Crippen LogP contribution in [0.3, 0.4) is 0 Å². The molecule has 19 heavy (non-hydrogen) atoms. The van der Waals surface area contributed by atoms with Gasteiger partial charge in [-0.1, -0.05) is 0 Å². The molecule has 1 aliphatic heterocycles. The second kappa shape index (κ2) is 4.99. The van der Waals surface area contributed by atoms with Crippen LogP contribution in [0.15, 0.2) is 23.6 Å². The van der Waals surface area contributed by atoms with Crippen molar-refractivity contribution in [1.29, 1.82) is 0 Å². The minimum atomic E-state index is -0.132. The van der Waals surface area contributed by atoms with Crippen LogP contribution in [0.2, 0.25) is 0 Å². The number of aromatic nitrogens is 1. The Morgan fingerprint density at radius 2 is 2.11 bits per heavy atom. The lowest BCUT2D eigenvalue weighted by atomic mass is 10.1. The number of rotatable bonds is 3. The van der Waals surface area contributed by atoms with Crippen molar-refractivity contribution in [3.05, 3.63) is 39.8 Å². The molecule has 3 rings (SSSR count). The van der Waals surface area contributed by atoms with E-state index in [9.17, 15) is 4.79 Å². The molecule has 0 bridgehead atoms. The van der Waals surface area contributed by atoms with E-state index in [-0.39, 0.29) is 5.78 Å². The van der Waals surface area contributed by atoms with E-state index in [1.54, 1.807) is 23.6 Å². The smallest absolute Gasteiger partial charge is 0.212 e. The van der Waals surface area contributed by atoms with Gasteiger partial charge in [-0.3, -0.25) is 4.79 Å². The maximum absolute atomic E-state index is 12.3. The fraction of sp³-hybridized carbons (Fsp3) is 0.231. The molecule has 1 aromatic heterocycles. The number of hydrogen-bond donors (Lipinski definition) is 1. The molecule has 0 saturated carbocycles. The molecule has 1 aliphatic rings. The van der Waals surface area contributed by atoms with Gasteiger partial charge in [0.05, 0.1) is 0 Å². The molecule has 0 amide bonds. The average Bonchev–Trinajstić information content (AvgIpc) is 2.95. The van der Waals surface area contributed by atoms with E-state index in [2.05, 4.69) is 4.98 Å². The summed E-state index contributed by atoms with van der Waals surface area (Å²) in [6.45, 7) is 1.38. The quantitative estimate of drug-likeness (QED) is 0.862. The predicted octanol–water partition coefficient (Wildman–Crippen LogP) is 1.60. The molecule has 0 fully saturated rings. The molecule has 98 valence electrons. The first-order valence-corrected chi connectivity index (χ1v) is 6.74. The van der Waals surface area contributed by atoms with Gasteiger partial charge < -0.3 is 15.2 Å². The number of fused-ring (bicyclic) bond motifs is 1. The number of carbonyl (C=O) groups is 1. The summed E-state index contributed by atoms with van der Waals surface area (Å²) in [4.78, 5) is 16.5. The Balaban J connectivity index is 1.91. The van der Waals surface area contributed by atoms with Crippen LogP contribution in [0.1, 0.15) is 21.1 Å². The van der Waals surface area contributed by atoms with Crippen LogP contribution >= 0.6 is 11.3 Å². The molecule has 0 aliphatic carbocycles. The summed E-state index contributed by atoms with van der Waals surface area (Å²) in [5.74, 6) is 1.14. The summed E-state index contributed by atoms with van der Waals surface area (Å²) >= 11 is 1.39. The zero-order valence-electron chi connectivity index (χ0n) is 10.1. The Kier molecular flexibility index (Phi) is 3.18. The van der Waals surface area contributed by atoms with Crippen molar-refractivity contribution in [2.75, 3.05) is 13.2 Å². The van der Waals surface area contributed by atoms with Gasteiger partial charge in [-0.2, -0.15) is 0 Å². The highest BCUT2D eigenvalue weighted by Crippen LogP contribution is 2.31. The minimum absolute atomic E-state index is 0.132. The highest BCUT2D eigenvalue weighted by molar-refractivity contribution is 7.09. The molecule has 6 heteroatoms. The third kappa shape index (κ3) is 2.32. The number of nitrogens with zero attached hydrogens (tertiary/aromatic N) is 1. The van der Waals surface area contributed by atoms with E-state index in [1.165, 1.54) is 11.3 Å². The summed E-state index contributed by atoms with van der Waals surface area (Å²) in [6, 6.07) is 5.16. The van der Waals surface area contributed by atoms with Crippen LogP contribution in [0, 0.1) is 0 Å². The molecule has 0 radical (unpaired) electrons. The third-order valence-electron chi connectivity index (χ3n) is 2.76. The van der Waals surface area contributed by atoms with E-state index in [1.807, 2.05) is 0 Å². The first kappa shape index (κ1) is 12.1. The molecular formula is C13H12N2O3S. The van der Waals surface area contributed by atoms with Crippen molar-refractivity contribution in [2.45, 2.75) is 6.54 Å². The number of ether oxygens (including phenoxy) is 2. The number of thiazole rings is 1. The van der Waals surface area contributed by atoms with Crippen LogP contribution in [0.25, 0.3) is 0 Å². The third-order valence-corrected chi connectivity index (χ3v) is 3.63. The molecule has 2 aromatic rings. The van der Waals surface area contributed by atoms with E-state index in [4.69, 9.17) is 15.2 Å². The van der Waals surface area contributed by atoms with Gasteiger partial charge in [0.1, 0.15) is 23.9 Å². The van der Waals surface area contributed by atoms with Crippen molar-refractivity contribution in [3.8, 4) is 11.5 Å². The minimum Gasteiger partial charge on any atom is -0.486 e. The van der Waals surface area contributed by atoms with Crippen LogP contribution in [-0.2, 0) is 6.54 Å². The topological polar surface area (TPSA) is 74.4 Å². The van der Waals surface area contributed by atoms with E-state index in [0.29, 0.717) is 42.5 Å². The Labute approximate surface area is 114 Å². The SMILES string of the molecule is NCc1nc(C(=O)c2ccc3c(c2)OCCO3)cs1. The van der Waals surface area contributed by atoms with Crippen molar-refractivity contribution >= 4 is 17.1 Å². The zero-order chi connectivity index (χ0) is 13.2. The van der Waals surface area contributed by atoms with Gasteiger partial charge in [0, 0.05) is 17.5 Å². The summed E-state index contributed by atoms with van der Waals surface area (Å²) in [7, 11) is 0. The molecule has 2 N–H and O–H groups in total. The van der Waals surface area contributed by atoms with Crippen molar-refractivity contribution < 1.29 is 14.3 Å². The Morgan fingerprint density at radius 1 is 1.32 bits per heavy atom. The lowest BCUT2D eigenvalue weighted by Gasteiger charge is -2.18. The van der Waals surface area contributed by atoms with Gasteiger partial charge in [0.25, 0.3) is 0 Å². The van der Waals surface area contributed by atoms with Crippen LogP contribution < -0.4 is 15.2 Å². The molecule has 1 aromatic carbocycles. The molecule has 5 nitrogen and oxygen atoms in total. The fourth-order valence-corrected chi connectivity index (χ4v) is 2.50. The number of carbonyl (C=O) groups excluding carboxylic acids is 1. The summed E-state index contributed by atoms with van der Waals surface area (Å²) in [6.07, 6.45) is 0. The standard InChI is InChI=1S/C13H12N2O3S/c14-6-12-15-9(7-19-12)13(16)8-1-2-10-11(5-8)18-4-3-17-10/h1-2,5,7H,3-4,6,14H2. The number of hydrogen-bond acceptors (Lipinski definition) is 6. The first-order valence-electron chi connectivity index (χ1n) is 5.87. The molecule has 2 heterocycles. The molecule has 0 saturated heterocycles. The summed E-state index contributed by atoms with van der Waals surface area (Å²) in [5, 5.41) is 2.47. The van der Waals surface area contributed by atoms with Gasteiger partial charge >= 0.3 is 0 Å². The Hall–Kier alpha value is -1.92. The van der Waals surface area contributed by atoms with Gasteiger partial charge in [-0.15, -0.1) is 11.3 Å². The Bertz CT molecular complexity index is 624. The summed E-state index contributed by atoms with van der Waals surface area (Å²) in [5.41, 5.74) is 6.45. The second-order valence-corrected chi connectivity index (χ2v) is 4.96. The zero-order valence-corrected chi connectivity index (χ0v) is 10.9. The average molecular weight is 276 g/mol. The van der Waals surface area contributed by atoms with Crippen LogP contribution in [0.5, 0.6) is 11.5 Å². The number of benzene rings is 1. The summed E-state index contributed by atoms with van der Waals surface area (Å²) < 4.78 is 10.9. The van der Waals surface area contributed by atoms with Crippen molar-refractivity contribution in [1.82, 2.24) is 4.98 Å². The largest absolute Gasteiger partial charge is 0.486 e. The molecule has 0 spiro atoms. The predicted molar refractivity (Wildman–Crippen MR) is 70.9 cm³/mol. The van der Waals surface area contributed by atoms with E-state index in [0.717, 1.165) is 5.01 Å². The second-order valence-electron chi connectivity index (χ2n) is 4.02. The molecule has 0 unspecified atom stereocenters. The lowest BCUT2D eigenvalue weighted by Crippen LogP contribution is -2.16. The van der Waals surface area contributed by atoms with Gasteiger partial charge in [0.2, 0.25) is 5.78 Å². The van der Waals surface area contributed by atoms with E-state index < -0.39 is 0 Å². The molecule has 0 atom stereocenters. The lowest BCUT2D eigenvalue weighted by molar-refractivity contribution is 0.103. The fourth-order valence-electron chi connectivity index (χ4n) is 1.84. The van der Waals surface area contributed by atoms with Crippen LogP contribution in [0.4, 0.5) is 0 Å². The van der Waals surface area contributed by atoms with Gasteiger partial charge in [-0.05, 0) is 18.2 Å². The number of ketones is 1. The van der Waals surface area contributed by atoms with Crippen molar-refractivity contribution in [3.63, 3.8) is 0 Å². The van der Waals surface area contributed by atoms with Crippen LogP contribution in [-0.4, -0.2) is 24.0 Å². The monoisotopic (exact) mass is 276 g/mol. The molecular weight excluding hydrogens is 264 g/mol. The normalized spacial score (nSPS) is 13.3. The Morgan fingerprint density at radius 3 is 2.84 bits per heavy atom. The van der Waals surface area contributed by atoms with Gasteiger partial charge in [0.15, 0.2) is 11.5 Å². The van der Waals surface area contributed by atoms with Crippen molar-refractivity contribution in [2.24, 2.45) is 5.73 Å². The maximum Gasteiger partial charge on any atom is 0.212 e. The maximum atomic E-state index is 12.3. The van der Waals surface area contributed by atoms with Gasteiger partial charge in [-0.25, -0.2) is 4.98 Å². The number of nitrogens with two attached hydrogens (primary N) is 1. The van der Waals surface area contributed by atoms with E-state index >= 15 is 0 Å². The first-order chi connectivity index (χ1) is 9.28. The highest BCUT2D eigenvalue weighted by atomic mass is 32.1.